The van der Waals surface area contributed by atoms with E-state index >= 15 is 0 Å². The number of nitrogens with one attached hydrogen (secondary N) is 1. The van der Waals surface area contributed by atoms with Gasteiger partial charge in [0.15, 0.2) is 0 Å². The smallest absolute Gasteiger partial charge is 0.323 e. The number of nitrogens with zero attached hydrogens (tertiary/aromatic N) is 1. The van der Waals surface area contributed by atoms with Gasteiger partial charge in [0.05, 0.1) is 17.4 Å². The number of hydrogen-bond acceptors (Lipinski definition) is 7. The van der Waals surface area contributed by atoms with Gasteiger partial charge in [0.1, 0.15) is 11.8 Å². The van der Waals surface area contributed by atoms with Crippen molar-refractivity contribution in [1.29, 1.82) is 0 Å². The molecule has 0 spiro atoms. The van der Waals surface area contributed by atoms with E-state index in [0.29, 0.717) is 5.56 Å². The third kappa shape index (κ3) is 5.80. The molecule has 0 bridgehead atoms. The second-order valence-corrected chi connectivity index (χ2v) is 7.31. The Balaban J connectivity index is 3.07. The number of nitro groups is 1. The Morgan fingerprint density at radius 2 is 1.88 bits per heavy atom. The zero-order chi connectivity index (χ0) is 20.1. The summed E-state index contributed by atoms with van der Waals surface area (Å²) in [5.41, 5.74) is -0.516. The van der Waals surface area contributed by atoms with E-state index < -0.39 is 28.3 Å². The number of ether oxygens (including phenoxy) is 2. The highest BCUT2D eigenvalue weighted by Crippen LogP contribution is 2.26. The van der Waals surface area contributed by atoms with Crippen LogP contribution in [0.4, 0.5) is 5.69 Å². The highest BCUT2D eigenvalue weighted by atomic mass is 16.6. The van der Waals surface area contributed by atoms with Gasteiger partial charge < -0.3 is 9.47 Å². The summed E-state index contributed by atoms with van der Waals surface area (Å²) in [6, 6.07) is 3.49. The number of methoxy groups -OCH3 is 1. The van der Waals surface area contributed by atoms with Crippen molar-refractivity contribution in [2.75, 3.05) is 7.11 Å². The van der Waals surface area contributed by atoms with Gasteiger partial charge in [-0.15, -0.1) is 0 Å². The second-order valence-electron chi connectivity index (χ2n) is 7.31. The molecule has 0 aliphatic heterocycles. The minimum absolute atomic E-state index is 0.0508. The van der Waals surface area contributed by atoms with E-state index in [1.807, 2.05) is 13.8 Å². The standard InChI is InChI=1S/C18H26N2O6/c1-11(2)15(16(21)25-6)19-10-12-9-13(7-8-14(12)20(23)24)26-17(22)18(3,4)5/h7-9,11,15,19H,10H2,1-6H3. The van der Waals surface area contributed by atoms with Crippen molar-refractivity contribution >= 4 is 17.6 Å². The Bertz CT molecular complexity index is 679. The van der Waals surface area contributed by atoms with Crippen molar-refractivity contribution in [3.05, 3.63) is 33.9 Å². The van der Waals surface area contributed by atoms with Gasteiger partial charge >= 0.3 is 11.9 Å². The molecule has 8 nitrogen and oxygen atoms in total. The van der Waals surface area contributed by atoms with Gasteiger partial charge in [-0.25, -0.2) is 0 Å². The van der Waals surface area contributed by atoms with Crippen LogP contribution >= 0.6 is 0 Å². The van der Waals surface area contributed by atoms with Crippen molar-refractivity contribution in [3.8, 4) is 5.75 Å². The number of carbonyl (C=O) groups excluding carboxylic acids is 2. The Hall–Kier alpha value is -2.48. The molecule has 1 rings (SSSR count). The molecule has 0 aromatic heterocycles. The van der Waals surface area contributed by atoms with Gasteiger partial charge in [-0.3, -0.25) is 25.0 Å². The zero-order valence-electron chi connectivity index (χ0n) is 16.0. The van der Waals surface area contributed by atoms with Crippen LogP contribution in [-0.2, 0) is 20.9 Å². The molecule has 1 aromatic carbocycles. The molecule has 144 valence electrons. The Kier molecular flexibility index (Phi) is 7.26. The van der Waals surface area contributed by atoms with Crippen LogP contribution in [0, 0.1) is 21.4 Å². The van der Waals surface area contributed by atoms with E-state index in [2.05, 4.69) is 5.32 Å². The molecule has 8 heteroatoms. The molecule has 26 heavy (non-hydrogen) atoms. The third-order valence-electron chi connectivity index (χ3n) is 3.70. The van der Waals surface area contributed by atoms with Crippen LogP contribution in [0.15, 0.2) is 18.2 Å². The first-order valence-corrected chi connectivity index (χ1v) is 8.28. The van der Waals surface area contributed by atoms with Gasteiger partial charge in [0, 0.05) is 18.2 Å². The maximum atomic E-state index is 12.0. The first kappa shape index (κ1) is 21.6. The second kappa shape index (κ2) is 8.75. The summed E-state index contributed by atoms with van der Waals surface area (Å²) < 4.78 is 10.0. The average molecular weight is 366 g/mol. The predicted octanol–water partition coefficient (Wildman–Crippen LogP) is 2.83. The molecular formula is C18H26N2O6. The molecule has 0 amide bonds. The molecular weight excluding hydrogens is 340 g/mol. The summed E-state index contributed by atoms with van der Waals surface area (Å²) in [7, 11) is 1.29. The number of carbonyl (C=O) groups is 2. The lowest BCUT2D eigenvalue weighted by atomic mass is 9.97. The molecule has 1 atom stereocenters. The zero-order valence-corrected chi connectivity index (χ0v) is 16.0. The van der Waals surface area contributed by atoms with Crippen molar-refractivity contribution in [1.82, 2.24) is 5.32 Å². The lowest BCUT2D eigenvalue weighted by Crippen LogP contribution is -2.41. The lowest BCUT2D eigenvalue weighted by Gasteiger charge is -2.20. The fourth-order valence-electron chi connectivity index (χ4n) is 2.14. The van der Waals surface area contributed by atoms with Crippen molar-refractivity contribution in [3.63, 3.8) is 0 Å². The van der Waals surface area contributed by atoms with Gasteiger partial charge in [0.25, 0.3) is 5.69 Å². The Labute approximate surface area is 153 Å². The monoisotopic (exact) mass is 366 g/mol. The summed E-state index contributed by atoms with van der Waals surface area (Å²) in [5, 5.41) is 14.2. The molecule has 0 aliphatic carbocycles. The number of rotatable bonds is 7. The normalized spacial score (nSPS) is 12.6. The summed E-state index contributed by atoms with van der Waals surface area (Å²) in [4.78, 5) is 34.6. The van der Waals surface area contributed by atoms with Crippen molar-refractivity contribution in [2.45, 2.75) is 47.2 Å². The summed E-state index contributed by atoms with van der Waals surface area (Å²) in [6.07, 6.45) is 0. The number of nitro benzene ring substituents is 1. The molecule has 0 heterocycles. The molecule has 1 N–H and O–H groups in total. The minimum atomic E-state index is -0.701. The van der Waals surface area contributed by atoms with Gasteiger partial charge in [-0.2, -0.15) is 0 Å². The molecule has 1 aromatic rings. The van der Waals surface area contributed by atoms with Crippen LogP contribution in [0.25, 0.3) is 0 Å². The average Bonchev–Trinajstić information content (AvgIpc) is 2.53. The number of benzene rings is 1. The van der Waals surface area contributed by atoms with E-state index in [9.17, 15) is 19.7 Å². The van der Waals surface area contributed by atoms with Crippen LogP contribution in [0.1, 0.15) is 40.2 Å². The van der Waals surface area contributed by atoms with Crippen LogP contribution < -0.4 is 10.1 Å². The van der Waals surface area contributed by atoms with Gasteiger partial charge in [-0.1, -0.05) is 13.8 Å². The van der Waals surface area contributed by atoms with Crippen LogP contribution in [0.2, 0.25) is 0 Å². The molecule has 1 unspecified atom stereocenters. The van der Waals surface area contributed by atoms with Crippen molar-refractivity contribution < 1.29 is 24.0 Å². The van der Waals surface area contributed by atoms with E-state index in [-0.39, 0.29) is 23.9 Å². The molecule has 0 aliphatic rings. The van der Waals surface area contributed by atoms with E-state index in [0.717, 1.165) is 0 Å². The third-order valence-corrected chi connectivity index (χ3v) is 3.70. The molecule has 0 fully saturated rings. The van der Waals surface area contributed by atoms with Gasteiger partial charge in [-0.05, 0) is 38.8 Å². The Morgan fingerprint density at radius 1 is 1.27 bits per heavy atom. The summed E-state index contributed by atoms with van der Waals surface area (Å²) in [6.45, 7) is 8.87. The maximum absolute atomic E-state index is 12.0. The molecule has 0 saturated heterocycles. The minimum Gasteiger partial charge on any atom is -0.468 e. The van der Waals surface area contributed by atoms with Crippen LogP contribution in [0.3, 0.4) is 0 Å². The topological polar surface area (TPSA) is 108 Å². The Morgan fingerprint density at radius 3 is 2.35 bits per heavy atom. The predicted molar refractivity (Wildman–Crippen MR) is 95.7 cm³/mol. The fraction of sp³-hybridized carbons (Fsp3) is 0.556. The first-order chi connectivity index (χ1) is 12.0. The van der Waals surface area contributed by atoms with Crippen LogP contribution in [-0.4, -0.2) is 30.0 Å². The largest absolute Gasteiger partial charge is 0.468 e. The quantitative estimate of drug-likeness (QED) is 0.342. The number of hydrogen-bond donors (Lipinski definition) is 1. The van der Waals surface area contributed by atoms with Crippen LogP contribution in [0.5, 0.6) is 5.75 Å². The SMILES string of the molecule is COC(=O)C(NCc1cc(OC(=O)C(C)(C)C)ccc1[N+](=O)[O-])C(C)C. The van der Waals surface area contributed by atoms with Gasteiger partial charge in [0.2, 0.25) is 0 Å². The first-order valence-electron chi connectivity index (χ1n) is 8.28. The van der Waals surface area contributed by atoms with E-state index in [4.69, 9.17) is 9.47 Å². The highest BCUT2D eigenvalue weighted by Gasteiger charge is 2.26. The summed E-state index contributed by atoms with van der Waals surface area (Å²) in [5.74, 6) is -0.743. The fourth-order valence-corrected chi connectivity index (χ4v) is 2.14. The lowest BCUT2D eigenvalue weighted by molar-refractivity contribution is -0.385. The molecule has 0 saturated carbocycles. The van der Waals surface area contributed by atoms with E-state index in [1.54, 1.807) is 20.8 Å². The number of esters is 2. The van der Waals surface area contributed by atoms with E-state index in [1.165, 1.54) is 25.3 Å². The highest BCUT2D eigenvalue weighted by molar-refractivity contribution is 5.78. The summed E-state index contributed by atoms with van der Waals surface area (Å²) >= 11 is 0. The maximum Gasteiger partial charge on any atom is 0.323 e. The van der Waals surface area contributed by atoms with Crippen molar-refractivity contribution in [2.24, 2.45) is 11.3 Å². The molecule has 0 radical (unpaired) electrons.